The Morgan fingerprint density at radius 2 is 1.44 bits per heavy atom. The maximum atomic E-state index is 11.4. The molecule has 0 spiro atoms. The summed E-state index contributed by atoms with van der Waals surface area (Å²) in [6.07, 6.45) is 2.33. The lowest BCUT2D eigenvalue weighted by atomic mass is 10.3. The van der Waals surface area contributed by atoms with Gasteiger partial charge in [0.1, 0.15) is 4.24 Å². The molecular weight excluding hydrogens is 256 g/mol. The fourth-order valence-electron chi connectivity index (χ4n) is 0.893. The monoisotopic (exact) mass is 268 g/mol. The highest BCUT2D eigenvalue weighted by Crippen LogP contribution is 2.24. The van der Waals surface area contributed by atoms with Crippen LogP contribution in [0, 0.1) is 0 Å². The molecule has 92 valence electrons. The van der Waals surface area contributed by atoms with Crippen LogP contribution in [0.5, 0.6) is 0 Å². The smallest absolute Gasteiger partial charge is 0.347 e. The highest BCUT2D eigenvalue weighted by atomic mass is 32.3. The van der Waals surface area contributed by atoms with Gasteiger partial charge < -0.3 is 9.47 Å². The molecule has 0 aliphatic carbocycles. The van der Waals surface area contributed by atoms with E-state index in [-0.39, 0.29) is 4.24 Å². The molecule has 0 N–H and O–H groups in total. The molecule has 0 unspecified atom stereocenters. The molecule has 0 atom stereocenters. The van der Waals surface area contributed by atoms with Crippen LogP contribution in [-0.2, 0) is 28.9 Å². The van der Waals surface area contributed by atoms with Crippen molar-refractivity contribution in [1.82, 2.24) is 0 Å². The molecule has 0 aromatic carbocycles. The third-order valence-electron chi connectivity index (χ3n) is 1.51. The van der Waals surface area contributed by atoms with E-state index >= 15 is 0 Å². The second-order valence-electron chi connectivity index (χ2n) is 2.62. The third kappa shape index (κ3) is 3.53. The standard InChI is InChI=1S/C8H12O6S2/c1-13-6(9)5(7(10)14-2)8(15-3)16(4,11)12/h1-4H3. The van der Waals surface area contributed by atoms with E-state index in [0.717, 1.165) is 32.2 Å². The molecule has 8 heteroatoms. The van der Waals surface area contributed by atoms with Gasteiger partial charge in [-0.25, -0.2) is 18.0 Å². The number of thioether (sulfide) groups is 1. The molecule has 0 fully saturated rings. The van der Waals surface area contributed by atoms with Crippen LogP contribution in [0.4, 0.5) is 0 Å². The number of ether oxygens (including phenoxy) is 2. The molecule has 0 aliphatic heterocycles. The molecule has 16 heavy (non-hydrogen) atoms. The first-order valence-corrected chi connectivity index (χ1v) is 7.06. The number of hydrogen-bond donors (Lipinski definition) is 0. The van der Waals surface area contributed by atoms with Gasteiger partial charge in [-0.2, -0.15) is 0 Å². The van der Waals surface area contributed by atoms with Crippen molar-refractivity contribution in [2.45, 2.75) is 0 Å². The maximum Gasteiger partial charge on any atom is 0.347 e. The van der Waals surface area contributed by atoms with E-state index in [9.17, 15) is 18.0 Å². The molecule has 0 radical (unpaired) electrons. The molecule has 0 bridgehead atoms. The largest absolute Gasteiger partial charge is 0.465 e. The molecule has 0 saturated heterocycles. The zero-order valence-corrected chi connectivity index (χ0v) is 10.9. The van der Waals surface area contributed by atoms with Gasteiger partial charge in [0.2, 0.25) is 0 Å². The number of methoxy groups -OCH3 is 2. The first-order valence-electron chi connectivity index (χ1n) is 3.94. The van der Waals surface area contributed by atoms with Crippen LogP contribution in [0.2, 0.25) is 0 Å². The summed E-state index contributed by atoms with van der Waals surface area (Å²) >= 11 is 0.762. The number of sulfone groups is 1. The summed E-state index contributed by atoms with van der Waals surface area (Å²) in [5.74, 6) is -2.08. The van der Waals surface area contributed by atoms with Crippen LogP contribution < -0.4 is 0 Å². The Balaban J connectivity index is 5.88. The number of carbonyl (C=O) groups is 2. The summed E-state index contributed by atoms with van der Waals surface area (Å²) in [5, 5.41) is 0. The predicted octanol–water partition coefficient (Wildman–Crippen LogP) is -0.0484. The van der Waals surface area contributed by atoms with Crippen LogP contribution in [0.1, 0.15) is 0 Å². The molecule has 0 heterocycles. The quantitative estimate of drug-likeness (QED) is 0.306. The highest BCUT2D eigenvalue weighted by Gasteiger charge is 2.29. The molecule has 0 amide bonds. The van der Waals surface area contributed by atoms with Gasteiger partial charge in [0.05, 0.1) is 14.2 Å². The Morgan fingerprint density at radius 3 is 1.62 bits per heavy atom. The van der Waals surface area contributed by atoms with Crippen molar-refractivity contribution >= 4 is 33.5 Å². The lowest BCUT2D eigenvalue weighted by molar-refractivity contribution is -0.144. The summed E-state index contributed by atoms with van der Waals surface area (Å²) in [7, 11) is -1.59. The van der Waals surface area contributed by atoms with Crippen molar-refractivity contribution in [3.63, 3.8) is 0 Å². The van der Waals surface area contributed by atoms with Gasteiger partial charge in [-0.1, -0.05) is 0 Å². The number of rotatable bonds is 4. The summed E-state index contributed by atoms with van der Waals surface area (Å²) in [6, 6.07) is 0. The molecule has 0 saturated carbocycles. The van der Waals surface area contributed by atoms with Crippen LogP contribution in [-0.4, -0.2) is 47.1 Å². The number of hydrogen-bond acceptors (Lipinski definition) is 7. The van der Waals surface area contributed by atoms with Gasteiger partial charge in [0.15, 0.2) is 15.4 Å². The molecule has 0 rings (SSSR count). The van der Waals surface area contributed by atoms with E-state index in [4.69, 9.17) is 0 Å². The van der Waals surface area contributed by atoms with Crippen molar-refractivity contribution in [3.05, 3.63) is 9.81 Å². The van der Waals surface area contributed by atoms with Crippen LogP contribution in [0.25, 0.3) is 0 Å². The second-order valence-corrected chi connectivity index (χ2v) is 5.65. The topological polar surface area (TPSA) is 86.7 Å². The van der Waals surface area contributed by atoms with Crippen molar-refractivity contribution in [2.75, 3.05) is 26.7 Å². The van der Waals surface area contributed by atoms with Crippen molar-refractivity contribution in [2.24, 2.45) is 0 Å². The first kappa shape index (κ1) is 15.0. The summed E-state index contributed by atoms with van der Waals surface area (Å²) < 4.78 is 31.0. The normalized spacial score (nSPS) is 10.5. The highest BCUT2D eigenvalue weighted by molar-refractivity contribution is 8.18. The van der Waals surface area contributed by atoms with Crippen molar-refractivity contribution in [1.29, 1.82) is 0 Å². The zero-order valence-electron chi connectivity index (χ0n) is 9.27. The van der Waals surface area contributed by atoms with E-state index < -0.39 is 27.3 Å². The maximum absolute atomic E-state index is 11.4. The Labute approximate surface area is 97.9 Å². The molecule has 6 nitrogen and oxygen atoms in total. The van der Waals surface area contributed by atoms with Crippen molar-refractivity contribution in [3.8, 4) is 0 Å². The van der Waals surface area contributed by atoms with Gasteiger partial charge in [-0.3, -0.25) is 0 Å². The molecule has 0 aromatic rings. The molecule has 0 aromatic heterocycles. The van der Waals surface area contributed by atoms with E-state index in [1.165, 1.54) is 6.26 Å². The van der Waals surface area contributed by atoms with Crippen LogP contribution in [0.3, 0.4) is 0 Å². The average molecular weight is 268 g/mol. The minimum atomic E-state index is -3.68. The zero-order chi connectivity index (χ0) is 12.9. The summed E-state index contributed by atoms with van der Waals surface area (Å²) in [6.45, 7) is 0. The van der Waals surface area contributed by atoms with Gasteiger partial charge in [0.25, 0.3) is 0 Å². The van der Waals surface area contributed by atoms with Gasteiger partial charge in [0, 0.05) is 6.26 Å². The molecule has 0 aliphatic rings. The van der Waals surface area contributed by atoms with Crippen LogP contribution in [0.15, 0.2) is 9.81 Å². The summed E-state index contributed by atoms with van der Waals surface area (Å²) in [4.78, 5) is 22.6. The number of carbonyl (C=O) groups excluding carboxylic acids is 2. The Bertz CT molecular complexity index is 402. The van der Waals surface area contributed by atoms with E-state index in [2.05, 4.69) is 9.47 Å². The van der Waals surface area contributed by atoms with Gasteiger partial charge in [-0.05, 0) is 6.26 Å². The third-order valence-corrected chi connectivity index (χ3v) is 4.37. The molecular formula is C8H12O6S2. The Kier molecular flexibility index (Phi) is 5.52. The van der Waals surface area contributed by atoms with E-state index in [1.807, 2.05) is 0 Å². The summed E-state index contributed by atoms with van der Waals surface area (Å²) in [5.41, 5.74) is -0.611. The SMILES string of the molecule is COC(=O)C(C(=O)OC)=C(SC)S(C)(=O)=O. The fourth-order valence-corrected chi connectivity index (χ4v) is 3.01. The van der Waals surface area contributed by atoms with Gasteiger partial charge in [-0.15, -0.1) is 11.8 Å². The lowest BCUT2D eigenvalue weighted by Crippen LogP contribution is -2.20. The van der Waals surface area contributed by atoms with E-state index in [0.29, 0.717) is 0 Å². The lowest BCUT2D eigenvalue weighted by Gasteiger charge is -2.08. The second kappa shape index (κ2) is 5.90. The minimum Gasteiger partial charge on any atom is -0.465 e. The predicted molar refractivity (Wildman–Crippen MR) is 59.4 cm³/mol. The van der Waals surface area contributed by atoms with Crippen LogP contribution >= 0.6 is 11.8 Å². The first-order chi connectivity index (χ1) is 7.29. The minimum absolute atomic E-state index is 0.369. The Morgan fingerprint density at radius 1 is 1.06 bits per heavy atom. The average Bonchev–Trinajstić information content (AvgIpc) is 2.21. The Hall–Kier alpha value is -1.02. The fraction of sp³-hybridized carbons (Fsp3) is 0.500. The van der Waals surface area contributed by atoms with Gasteiger partial charge >= 0.3 is 11.9 Å². The van der Waals surface area contributed by atoms with E-state index in [1.54, 1.807) is 0 Å². The van der Waals surface area contributed by atoms with Crippen molar-refractivity contribution < 1.29 is 27.5 Å². The number of esters is 2.